The minimum absolute atomic E-state index is 0.0129. The molecular weight excluding hydrogens is 198 g/mol. The van der Waals surface area contributed by atoms with Gasteiger partial charge in [0.1, 0.15) is 5.65 Å². The van der Waals surface area contributed by atoms with Crippen LogP contribution in [0.5, 0.6) is 0 Å². The Morgan fingerprint density at radius 1 is 1.38 bits per heavy atom. The lowest BCUT2D eigenvalue weighted by molar-refractivity contribution is 0.573. The average molecular weight is 217 g/mol. The molecule has 16 heavy (non-hydrogen) atoms. The highest BCUT2D eigenvalue weighted by Crippen LogP contribution is 2.24. The first-order valence-electron chi connectivity index (χ1n) is 5.63. The van der Waals surface area contributed by atoms with Gasteiger partial charge in [0.15, 0.2) is 0 Å². The van der Waals surface area contributed by atoms with Gasteiger partial charge in [0.2, 0.25) is 0 Å². The maximum absolute atomic E-state index is 5.94. The molecule has 86 valence electrons. The van der Waals surface area contributed by atoms with E-state index in [2.05, 4.69) is 36.4 Å². The lowest BCUT2D eigenvalue weighted by Crippen LogP contribution is -2.11. The number of hydrogen-bond donors (Lipinski definition) is 1. The quantitative estimate of drug-likeness (QED) is 0.798. The Bertz CT molecular complexity index is 503. The highest BCUT2D eigenvalue weighted by Gasteiger charge is 2.18. The van der Waals surface area contributed by atoms with Gasteiger partial charge in [0, 0.05) is 29.4 Å². The highest BCUT2D eigenvalue weighted by atomic mass is 15.0. The standard InChI is InChI=1S/C13H19N3/c1-9(14)10-6-5-7-16-8-11(13(2,3)4)15-12(10)16/h5-9H,14H2,1-4H3. The molecular formula is C13H19N3. The summed E-state index contributed by atoms with van der Waals surface area (Å²) < 4.78 is 2.05. The molecule has 0 spiro atoms. The lowest BCUT2D eigenvalue weighted by atomic mass is 9.93. The first-order chi connectivity index (χ1) is 7.39. The Labute approximate surface area is 96.3 Å². The van der Waals surface area contributed by atoms with E-state index in [-0.39, 0.29) is 11.5 Å². The molecule has 0 amide bonds. The van der Waals surface area contributed by atoms with Gasteiger partial charge in [-0.3, -0.25) is 0 Å². The van der Waals surface area contributed by atoms with Crippen LogP contribution < -0.4 is 5.73 Å². The van der Waals surface area contributed by atoms with Crippen LogP contribution in [0.3, 0.4) is 0 Å². The zero-order valence-corrected chi connectivity index (χ0v) is 10.4. The summed E-state index contributed by atoms with van der Waals surface area (Å²) in [7, 11) is 0. The molecule has 0 aliphatic rings. The summed E-state index contributed by atoms with van der Waals surface area (Å²) in [5.41, 5.74) is 9.18. The van der Waals surface area contributed by atoms with Crippen LogP contribution in [0.25, 0.3) is 5.65 Å². The van der Waals surface area contributed by atoms with E-state index in [0.29, 0.717) is 0 Å². The fourth-order valence-electron chi connectivity index (χ4n) is 1.75. The molecule has 2 aromatic rings. The van der Waals surface area contributed by atoms with Gasteiger partial charge in [-0.1, -0.05) is 26.8 Å². The molecule has 2 aromatic heterocycles. The molecule has 1 atom stereocenters. The third-order valence-electron chi connectivity index (χ3n) is 2.77. The SMILES string of the molecule is CC(N)c1cccn2cc(C(C)(C)C)nc12. The third kappa shape index (κ3) is 1.83. The Hall–Kier alpha value is -1.35. The molecule has 0 aromatic carbocycles. The van der Waals surface area contributed by atoms with Crippen LogP contribution in [0, 0.1) is 0 Å². The zero-order chi connectivity index (χ0) is 11.9. The summed E-state index contributed by atoms with van der Waals surface area (Å²) >= 11 is 0. The first-order valence-corrected chi connectivity index (χ1v) is 5.63. The van der Waals surface area contributed by atoms with E-state index in [9.17, 15) is 0 Å². The van der Waals surface area contributed by atoms with Crippen molar-refractivity contribution in [3.8, 4) is 0 Å². The molecule has 2 N–H and O–H groups in total. The van der Waals surface area contributed by atoms with Crippen molar-refractivity contribution in [3.63, 3.8) is 0 Å². The van der Waals surface area contributed by atoms with Gasteiger partial charge >= 0.3 is 0 Å². The smallest absolute Gasteiger partial charge is 0.141 e. The predicted molar refractivity (Wildman–Crippen MR) is 66.5 cm³/mol. The maximum Gasteiger partial charge on any atom is 0.141 e. The number of nitrogens with two attached hydrogens (primary N) is 1. The van der Waals surface area contributed by atoms with E-state index in [4.69, 9.17) is 5.73 Å². The minimum atomic E-state index is 0.0129. The second-order valence-corrected chi connectivity index (χ2v) is 5.36. The Kier molecular flexibility index (Phi) is 2.50. The van der Waals surface area contributed by atoms with Crippen molar-refractivity contribution in [1.82, 2.24) is 9.38 Å². The number of pyridine rings is 1. The second kappa shape index (κ2) is 3.59. The van der Waals surface area contributed by atoms with Crippen molar-refractivity contribution in [2.75, 3.05) is 0 Å². The zero-order valence-electron chi connectivity index (χ0n) is 10.4. The van der Waals surface area contributed by atoms with E-state index in [1.165, 1.54) is 0 Å². The lowest BCUT2D eigenvalue weighted by Gasteiger charge is -2.13. The number of fused-ring (bicyclic) bond motifs is 1. The fourth-order valence-corrected chi connectivity index (χ4v) is 1.75. The van der Waals surface area contributed by atoms with E-state index < -0.39 is 0 Å². The van der Waals surface area contributed by atoms with Crippen molar-refractivity contribution in [2.24, 2.45) is 5.73 Å². The molecule has 2 heterocycles. The molecule has 0 fully saturated rings. The monoisotopic (exact) mass is 217 g/mol. The summed E-state index contributed by atoms with van der Waals surface area (Å²) in [5.74, 6) is 0. The second-order valence-electron chi connectivity index (χ2n) is 5.36. The topological polar surface area (TPSA) is 43.3 Å². The molecule has 1 unspecified atom stereocenters. The Morgan fingerprint density at radius 3 is 2.62 bits per heavy atom. The molecule has 2 rings (SSSR count). The van der Waals surface area contributed by atoms with Gasteiger partial charge in [-0.05, 0) is 13.0 Å². The van der Waals surface area contributed by atoms with Crippen molar-refractivity contribution >= 4 is 5.65 Å². The summed E-state index contributed by atoms with van der Waals surface area (Å²) in [6.07, 6.45) is 4.10. The van der Waals surface area contributed by atoms with Gasteiger partial charge < -0.3 is 10.1 Å². The number of aromatic nitrogens is 2. The van der Waals surface area contributed by atoms with Crippen molar-refractivity contribution in [3.05, 3.63) is 35.8 Å². The van der Waals surface area contributed by atoms with Gasteiger partial charge in [-0.15, -0.1) is 0 Å². The van der Waals surface area contributed by atoms with Crippen molar-refractivity contribution in [2.45, 2.75) is 39.2 Å². The van der Waals surface area contributed by atoms with Crippen molar-refractivity contribution < 1.29 is 0 Å². The molecule has 0 aliphatic heterocycles. The van der Waals surface area contributed by atoms with Gasteiger partial charge in [-0.2, -0.15) is 0 Å². The van der Waals surface area contributed by atoms with Crippen LogP contribution in [0.1, 0.15) is 45.0 Å². The van der Waals surface area contributed by atoms with Gasteiger partial charge in [0.25, 0.3) is 0 Å². The van der Waals surface area contributed by atoms with Crippen LogP contribution >= 0.6 is 0 Å². The summed E-state index contributed by atoms with van der Waals surface area (Å²) in [6.45, 7) is 8.49. The molecule has 0 saturated heterocycles. The van der Waals surface area contributed by atoms with Crippen LogP contribution in [0.2, 0.25) is 0 Å². The van der Waals surface area contributed by atoms with Crippen LogP contribution in [0.4, 0.5) is 0 Å². The minimum Gasteiger partial charge on any atom is -0.324 e. The third-order valence-corrected chi connectivity index (χ3v) is 2.77. The van der Waals surface area contributed by atoms with E-state index in [1.54, 1.807) is 0 Å². The highest BCUT2D eigenvalue weighted by molar-refractivity contribution is 5.51. The first kappa shape index (κ1) is 11.1. The molecule has 0 aliphatic carbocycles. The van der Waals surface area contributed by atoms with Crippen LogP contribution in [0.15, 0.2) is 24.5 Å². The van der Waals surface area contributed by atoms with E-state index in [0.717, 1.165) is 16.9 Å². The largest absolute Gasteiger partial charge is 0.324 e. The normalized spacial score (nSPS) is 14.3. The number of imidazole rings is 1. The molecule has 0 radical (unpaired) electrons. The van der Waals surface area contributed by atoms with E-state index in [1.807, 2.05) is 25.3 Å². The van der Waals surface area contributed by atoms with Gasteiger partial charge in [-0.25, -0.2) is 4.98 Å². The summed E-state index contributed by atoms with van der Waals surface area (Å²) in [5, 5.41) is 0. The Balaban J connectivity index is 2.66. The molecule has 0 saturated carbocycles. The van der Waals surface area contributed by atoms with Crippen LogP contribution in [-0.2, 0) is 5.41 Å². The van der Waals surface area contributed by atoms with Gasteiger partial charge in [0.05, 0.1) is 5.69 Å². The average Bonchev–Trinajstić information content (AvgIpc) is 2.59. The number of nitrogens with zero attached hydrogens (tertiary/aromatic N) is 2. The summed E-state index contributed by atoms with van der Waals surface area (Å²) in [6, 6.07) is 4.07. The van der Waals surface area contributed by atoms with Crippen LogP contribution in [-0.4, -0.2) is 9.38 Å². The van der Waals surface area contributed by atoms with E-state index >= 15 is 0 Å². The predicted octanol–water partition coefficient (Wildman–Crippen LogP) is 2.65. The number of hydrogen-bond acceptors (Lipinski definition) is 2. The molecule has 3 heteroatoms. The fraction of sp³-hybridized carbons (Fsp3) is 0.462. The maximum atomic E-state index is 5.94. The summed E-state index contributed by atoms with van der Waals surface area (Å²) in [4.78, 5) is 4.69. The Morgan fingerprint density at radius 2 is 2.06 bits per heavy atom. The molecule has 3 nitrogen and oxygen atoms in total. The number of rotatable bonds is 1. The van der Waals surface area contributed by atoms with Crippen molar-refractivity contribution in [1.29, 1.82) is 0 Å². The molecule has 0 bridgehead atoms.